The number of nitrogens with zero attached hydrogens (tertiary/aromatic N) is 1. The molecule has 0 aliphatic carbocycles. The van der Waals surface area contributed by atoms with Gasteiger partial charge in [0.2, 0.25) is 0 Å². The fourth-order valence-corrected chi connectivity index (χ4v) is 2.69. The van der Waals surface area contributed by atoms with E-state index in [-0.39, 0.29) is 0 Å². The highest BCUT2D eigenvalue weighted by Gasteiger charge is 2.17. The smallest absolute Gasteiger partial charge is 0.120 e. The topological polar surface area (TPSA) is 12.5 Å². The minimum Gasteiger partial charge on any atom is -0.493 e. The maximum atomic E-state index is 5.84. The molecule has 1 saturated heterocycles. The first-order chi connectivity index (χ1) is 7.74. The van der Waals surface area contributed by atoms with E-state index in [9.17, 15) is 0 Å². The van der Waals surface area contributed by atoms with Gasteiger partial charge in [0.05, 0.1) is 6.61 Å². The number of likely N-dealkylation sites (tertiary alicyclic amines) is 1. The van der Waals surface area contributed by atoms with E-state index in [1.807, 2.05) is 12.1 Å². The minimum absolute atomic E-state index is 0.691. The molecule has 1 aliphatic heterocycles. The molecule has 1 heterocycles. The van der Waals surface area contributed by atoms with Crippen LogP contribution < -0.4 is 4.74 Å². The second-order valence-electron chi connectivity index (χ2n) is 4.54. The Morgan fingerprint density at radius 1 is 1.50 bits per heavy atom. The second-order valence-corrected chi connectivity index (χ2v) is 5.78. The highest BCUT2D eigenvalue weighted by molar-refractivity contribution is 14.1. The van der Waals surface area contributed by atoms with Gasteiger partial charge in [-0.05, 0) is 67.2 Å². The Morgan fingerprint density at radius 2 is 2.38 bits per heavy atom. The normalized spacial score (nSPS) is 22.0. The average molecular weight is 331 g/mol. The van der Waals surface area contributed by atoms with Gasteiger partial charge >= 0.3 is 0 Å². The highest BCUT2D eigenvalue weighted by atomic mass is 127. The number of halogens is 1. The molecule has 0 spiro atoms. The summed E-state index contributed by atoms with van der Waals surface area (Å²) in [6.07, 6.45) is 2.60. The third-order valence-corrected chi connectivity index (χ3v) is 3.67. The summed E-state index contributed by atoms with van der Waals surface area (Å²) in [5.41, 5.74) is 0. The fraction of sp³-hybridized carbons (Fsp3) is 0.538. The van der Waals surface area contributed by atoms with Crippen molar-refractivity contribution in [2.45, 2.75) is 12.8 Å². The maximum Gasteiger partial charge on any atom is 0.120 e. The van der Waals surface area contributed by atoms with Gasteiger partial charge in [0.25, 0.3) is 0 Å². The molecular formula is C13H18INO. The number of ether oxygens (including phenoxy) is 1. The highest BCUT2D eigenvalue weighted by Crippen LogP contribution is 2.19. The van der Waals surface area contributed by atoms with Crippen LogP contribution in [0.1, 0.15) is 12.8 Å². The van der Waals surface area contributed by atoms with E-state index in [0.717, 1.165) is 12.4 Å². The zero-order valence-corrected chi connectivity index (χ0v) is 11.8. The van der Waals surface area contributed by atoms with Crippen molar-refractivity contribution in [2.75, 3.05) is 26.7 Å². The average Bonchev–Trinajstić information content (AvgIpc) is 2.27. The van der Waals surface area contributed by atoms with Crippen LogP contribution in [0.4, 0.5) is 0 Å². The molecule has 88 valence electrons. The summed E-state index contributed by atoms with van der Waals surface area (Å²) in [6.45, 7) is 3.26. The van der Waals surface area contributed by atoms with Crippen molar-refractivity contribution in [2.24, 2.45) is 5.92 Å². The van der Waals surface area contributed by atoms with Gasteiger partial charge in [0.15, 0.2) is 0 Å². The van der Waals surface area contributed by atoms with Crippen LogP contribution in [0.15, 0.2) is 24.3 Å². The molecule has 3 heteroatoms. The molecule has 0 unspecified atom stereocenters. The van der Waals surface area contributed by atoms with Crippen molar-refractivity contribution in [1.82, 2.24) is 4.90 Å². The minimum atomic E-state index is 0.691. The molecule has 2 rings (SSSR count). The molecule has 0 radical (unpaired) electrons. The Labute approximate surface area is 111 Å². The van der Waals surface area contributed by atoms with E-state index in [1.54, 1.807) is 0 Å². The predicted molar refractivity (Wildman–Crippen MR) is 74.9 cm³/mol. The van der Waals surface area contributed by atoms with E-state index in [1.165, 1.54) is 29.5 Å². The number of hydrogen-bond donors (Lipinski definition) is 0. The van der Waals surface area contributed by atoms with Crippen molar-refractivity contribution in [1.29, 1.82) is 0 Å². The molecule has 1 aromatic rings. The van der Waals surface area contributed by atoms with E-state index >= 15 is 0 Å². The van der Waals surface area contributed by atoms with Crippen LogP contribution in [0.25, 0.3) is 0 Å². The van der Waals surface area contributed by atoms with Gasteiger partial charge in [-0.3, -0.25) is 0 Å². The standard InChI is InChI=1S/C13H18INO/c1-15-7-3-4-11(9-15)10-16-13-6-2-5-12(14)8-13/h2,5-6,8,11H,3-4,7,9-10H2,1H3/t11-/m1/s1. The Kier molecular flexibility index (Phi) is 4.46. The van der Waals surface area contributed by atoms with Gasteiger partial charge < -0.3 is 9.64 Å². The summed E-state index contributed by atoms with van der Waals surface area (Å²) in [6, 6.07) is 8.26. The van der Waals surface area contributed by atoms with Crippen LogP contribution >= 0.6 is 22.6 Å². The molecule has 1 aliphatic rings. The van der Waals surface area contributed by atoms with Crippen molar-refractivity contribution in [3.05, 3.63) is 27.8 Å². The van der Waals surface area contributed by atoms with Gasteiger partial charge in [-0.15, -0.1) is 0 Å². The van der Waals surface area contributed by atoms with E-state index in [4.69, 9.17) is 4.74 Å². The lowest BCUT2D eigenvalue weighted by Crippen LogP contribution is -2.34. The van der Waals surface area contributed by atoms with Gasteiger partial charge in [-0.25, -0.2) is 0 Å². The van der Waals surface area contributed by atoms with E-state index in [2.05, 4.69) is 46.7 Å². The molecule has 0 saturated carbocycles. The fourth-order valence-electron chi connectivity index (χ4n) is 2.18. The SMILES string of the molecule is CN1CCC[C@@H](COc2cccc(I)c2)C1. The van der Waals surface area contributed by atoms with Crippen LogP contribution in [-0.2, 0) is 0 Å². The Morgan fingerprint density at radius 3 is 3.12 bits per heavy atom. The summed E-state index contributed by atoms with van der Waals surface area (Å²) in [7, 11) is 2.19. The van der Waals surface area contributed by atoms with Gasteiger partial charge in [-0.1, -0.05) is 6.07 Å². The first kappa shape index (κ1) is 12.2. The summed E-state index contributed by atoms with van der Waals surface area (Å²) in [5.74, 6) is 1.69. The van der Waals surface area contributed by atoms with Crippen LogP contribution in [0.2, 0.25) is 0 Å². The third kappa shape index (κ3) is 3.63. The van der Waals surface area contributed by atoms with Crippen LogP contribution in [0.3, 0.4) is 0 Å². The number of piperidine rings is 1. The molecule has 0 bridgehead atoms. The predicted octanol–water partition coefficient (Wildman–Crippen LogP) is 3.01. The molecule has 1 atom stereocenters. The molecule has 2 nitrogen and oxygen atoms in total. The molecule has 1 aromatic carbocycles. The van der Waals surface area contributed by atoms with Crippen molar-refractivity contribution < 1.29 is 4.74 Å². The lowest BCUT2D eigenvalue weighted by Gasteiger charge is -2.29. The lowest BCUT2D eigenvalue weighted by atomic mass is 10.00. The molecule has 0 amide bonds. The molecule has 1 fully saturated rings. The van der Waals surface area contributed by atoms with Crippen LogP contribution in [-0.4, -0.2) is 31.6 Å². The molecule has 0 aromatic heterocycles. The van der Waals surface area contributed by atoms with Crippen LogP contribution in [0.5, 0.6) is 5.75 Å². The lowest BCUT2D eigenvalue weighted by molar-refractivity contribution is 0.150. The third-order valence-electron chi connectivity index (χ3n) is 3.00. The number of benzene rings is 1. The zero-order chi connectivity index (χ0) is 11.4. The van der Waals surface area contributed by atoms with Crippen molar-refractivity contribution in [3.63, 3.8) is 0 Å². The number of hydrogen-bond acceptors (Lipinski definition) is 2. The molecule has 0 N–H and O–H groups in total. The molecular weight excluding hydrogens is 313 g/mol. The van der Waals surface area contributed by atoms with E-state index < -0.39 is 0 Å². The molecule has 16 heavy (non-hydrogen) atoms. The van der Waals surface area contributed by atoms with E-state index in [0.29, 0.717) is 5.92 Å². The van der Waals surface area contributed by atoms with Gasteiger partial charge in [0, 0.05) is 16.0 Å². The number of rotatable bonds is 3. The zero-order valence-electron chi connectivity index (χ0n) is 9.66. The Hall–Kier alpha value is -0.290. The maximum absolute atomic E-state index is 5.84. The first-order valence-corrected chi connectivity index (χ1v) is 6.89. The van der Waals surface area contributed by atoms with Crippen molar-refractivity contribution >= 4 is 22.6 Å². The second kappa shape index (κ2) is 5.87. The largest absolute Gasteiger partial charge is 0.493 e. The monoisotopic (exact) mass is 331 g/mol. The Bertz CT molecular complexity index is 342. The Balaban J connectivity index is 1.82. The summed E-state index contributed by atoms with van der Waals surface area (Å²) in [4.78, 5) is 2.40. The summed E-state index contributed by atoms with van der Waals surface area (Å²) < 4.78 is 7.08. The quantitative estimate of drug-likeness (QED) is 0.790. The first-order valence-electron chi connectivity index (χ1n) is 5.81. The van der Waals surface area contributed by atoms with Crippen molar-refractivity contribution in [3.8, 4) is 5.75 Å². The van der Waals surface area contributed by atoms with Gasteiger partial charge in [-0.2, -0.15) is 0 Å². The van der Waals surface area contributed by atoms with Gasteiger partial charge in [0.1, 0.15) is 5.75 Å². The van der Waals surface area contributed by atoms with Crippen LogP contribution in [0, 0.1) is 9.49 Å². The summed E-state index contributed by atoms with van der Waals surface area (Å²) in [5, 5.41) is 0. The summed E-state index contributed by atoms with van der Waals surface area (Å²) >= 11 is 2.31.